The van der Waals surface area contributed by atoms with Gasteiger partial charge in [-0.25, -0.2) is 4.98 Å². The van der Waals surface area contributed by atoms with Gasteiger partial charge in [-0.05, 0) is 36.8 Å². The molecule has 1 fully saturated rings. The number of halogens is 3. The highest BCUT2D eigenvalue weighted by Gasteiger charge is 2.33. The molecule has 0 radical (unpaired) electrons. The van der Waals surface area contributed by atoms with Crippen LogP contribution in [-0.4, -0.2) is 36.1 Å². The van der Waals surface area contributed by atoms with E-state index in [9.17, 15) is 13.2 Å². The summed E-state index contributed by atoms with van der Waals surface area (Å²) in [6.07, 6.45) is -2.00. The average molecular weight is 337 g/mol. The summed E-state index contributed by atoms with van der Waals surface area (Å²) in [6, 6.07) is 8.14. The summed E-state index contributed by atoms with van der Waals surface area (Å²) in [5, 5.41) is 4.38. The van der Waals surface area contributed by atoms with E-state index < -0.39 is 11.9 Å². The van der Waals surface area contributed by atoms with Gasteiger partial charge in [0.25, 0.3) is 0 Å². The van der Waals surface area contributed by atoms with Gasteiger partial charge in [0.1, 0.15) is 11.5 Å². The lowest BCUT2D eigenvalue weighted by Crippen LogP contribution is -2.37. The molecule has 2 heterocycles. The monoisotopic (exact) mass is 337 g/mol. The summed E-state index contributed by atoms with van der Waals surface area (Å²) >= 11 is 0. The van der Waals surface area contributed by atoms with Crippen LogP contribution in [0.15, 0.2) is 30.3 Å². The van der Waals surface area contributed by atoms with Crippen molar-refractivity contribution in [1.29, 1.82) is 0 Å². The number of hydrogen-bond acceptors (Lipinski definition) is 3. The third-order valence-corrected chi connectivity index (χ3v) is 4.49. The summed E-state index contributed by atoms with van der Waals surface area (Å²) in [7, 11) is 0. The van der Waals surface area contributed by atoms with Crippen LogP contribution in [0.5, 0.6) is 0 Å². The van der Waals surface area contributed by atoms with Crippen LogP contribution >= 0.6 is 0 Å². The number of hydrogen-bond donors (Lipinski definition) is 1. The third-order valence-electron chi connectivity index (χ3n) is 4.49. The number of nitrogens with zero attached hydrogens (tertiary/aromatic N) is 2. The van der Waals surface area contributed by atoms with Crippen molar-refractivity contribution < 1.29 is 13.2 Å². The van der Waals surface area contributed by atoms with E-state index in [2.05, 4.69) is 22.1 Å². The number of aromatic nitrogens is 1. The van der Waals surface area contributed by atoms with Gasteiger partial charge in [-0.2, -0.15) is 13.2 Å². The van der Waals surface area contributed by atoms with Crippen molar-refractivity contribution in [3.8, 4) is 0 Å². The Morgan fingerprint density at radius 3 is 2.83 bits per heavy atom. The lowest BCUT2D eigenvalue weighted by molar-refractivity contribution is -0.140. The molecule has 24 heavy (non-hydrogen) atoms. The molecular formula is C18H22F3N3. The van der Waals surface area contributed by atoms with E-state index in [-0.39, 0.29) is 0 Å². The first kappa shape index (κ1) is 17.0. The minimum absolute atomic E-state index is 0.311. The molecule has 3 rings (SSSR count). The Hall–Kier alpha value is -1.82. The SMILES string of the molecule is CC1CCCN(CCNc2nc(C(F)(F)F)cc3ccccc23)C1. The standard InChI is InChI=1S/C18H22F3N3/c1-13-5-4-9-24(12-13)10-8-22-17-15-7-3-2-6-14(15)11-16(23-17)18(19,20)21/h2-3,6-7,11,13H,4-5,8-10,12H2,1H3,(H,22,23). The van der Waals surface area contributed by atoms with Gasteiger partial charge in [-0.15, -0.1) is 0 Å². The number of nitrogens with one attached hydrogen (secondary N) is 1. The first-order valence-electron chi connectivity index (χ1n) is 8.36. The van der Waals surface area contributed by atoms with Crippen LogP contribution in [0.1, 0.15) is 25.5 Å². The molecule has 3 nitrogen and oxygen atoms in total. The summed E-state index contributed by atoms with van der Waals surface area (Å²) < 4.78 is 39.2. The second-order valence-electron chi connectivity index (χ2n) is 6.55. The van der Waals surface area contributed by atoms with Crippen LogP contribution < -0.4 is 5.32 Å². The van der Waals surface area contributed by atoms with Crippen LogP contribution in [0.3, 0.4) is 0 Å². The van der Waals surface area contributed by atoms with Gasteiger partial charge in [-0.1, -0.05) is 31.2 Å². The Bertz CT molecular complexity index is 699. The summed E-state index contributed by atoms with van der Waals surface area (Å²) in [5.74, 6) is 0.997. The fourth-order valence-electron chi connectivity index (χ4n) is 3.30. The van der Waals surface area contributed by atoms with E-state index >= 15 is 0 Å². The number of likely N-dealkylation sites (tertiary alicyclic amines) is 1. The number of benzene rings is 1. The molecule has 1 unspecified atom stereocenters. The van der Waals surface area contributed by atoms with Crippen molar-refractivity contribution >= 4 is 16.6 Å². The molecule has 0 saturated carbocycles. The van der Waals surface area contributed by atoms with Gasteiger partial charge in [0.05, 0.1) is 0 Å². The average Bonchev–Trinajstić information content (AvgIpc) is 2.54. The molecule has 1 aromatic carbocycles. The zero-order valence-electron chi connectivity index (χ0n) is 13.7. The van der Waals surface area contributed by atoms with Crippen LogP contribution in [0.2, 0.25) is 0 Å². The van der Waals surface area contributed by atoms with Gasteiger partial charge in [0.15, 0.2) is 0 Å². The first-order chi connectivity index (χ1) is 11.4. The lowest BCUT2D eigenvalue weighted by Gasteiger charge is -2.30. The van der Waals surface area contributed by atoms with Crippen LogP contribution in [0.25, 0.3) is 10.8 Å². The molecule has 1 atom stereocenters. The molecule has 2 aromatic rings. The molecule has 0 spiro atoms. The molecular weight excluding hydrogens is 315 g/mol. The molecule has 1 saturated heterocycles. The first-order valence-corrected chi connectivity index (χ1v) is 8.36. The predicted octanol–water partition coefficient (Wildman–Crippen LogP) is 4.40. The smallest absolute Gasteiger partial charge is 0.368 e. The number of piperidine rings is 1. The fraction of sp³-hybridized carbons (Fsp3) is 0.500. The quantitative estimate of drug-likeness (QED) is 0.896. The highest BCUT2D eigenvalue weighted by Crippen LogP contribution is 2.32. The summed E-state index contributed by atoms with van der Waals surface area (Å²) in [4.78, 5) is 6.17. The Morgan fingerprint density at radius 2 is 2.08 bits per heavy atom. The second kappa shape index (κ2) is 6.97. The van der Waals surface area contributed by atoms with Crippen molar-refractivity contribution in [3.63, 3.8) is 0 Å². The zero-order valence-corrected chi connectivity index (χ0v) is 13.7. The van der Waals surface area contributed by atoms with Crippen molar-refractivity contribution in [2.75, 3.05) is 31.5 Å². The summed E-state index contributed by atoms with van der Waals surface area (Å²) in [5.41, 5.74) is -0.852. The van der Waals surface area contributed by atoms with E-state index in [0.29, 0.717) is 23.7 Å². The zero-order chi connectivity index (χ0) is 17.2. The van der Waals surface area contributed by atoms with Gasteiger partial charge >= 0.3 is 6.18 Å². The highest BCUT2D eigenvalue weighted by atomic mass is 19.4. The molecule has 1 aromatic heterocycles. The van der Waals surface area contributed by atoms with Crippen LogP contribution in [-0.2, 0) is 6.18 Å². The largest absolute Gasteiger partial charge is 0.433 e. The Labute approximate surface area is 139 Å². The number of anilines is 1. The maximum absolute atomic E-state index is 13.1. The van der Waals surface area contributed by atoms with E-state index in [1.54, 1.807) is 18.2 Å². The molecule has 1 aliphatic rings. The Morgan fingerprint density at radius 1 is 1.29 bits per heavy atom. The minimum atomic E-state index is -4.44. The van der Waals surface area contributed by atoms with E-state index in [1.807, 2.05) is 6.07 Å². The molecule has 0 aliphatic carbocycles. The van der Waals surface area contributed by atoms with Gasteiger partial charge in [-0.3, -0.25) is 0 Å². The van der Waals surface area contributed by atoms with Crippen molar-refractivity contribution in [1.82, 2.24) is 9.88 Å². The fourth-order valence-corrected chi connectivity index (χ4v) is 3.30. The maximum atomic E-state index is 13.1. The minimum Gasteiger partial charge on any atom is -0.368 e. The number of alkyl halides is 3. The Kier molecular flexibility index (Phi) is 4.94. The molecule has 0 amide bonds. The highest BCUT2D eigenvalue weighted by molar-refractivity contribution is 5.92. The second-order valence-corrected chi connectivity index (χ2v) is 6.55. The predicted molar refractivity (Wildman–Crippen MR) is 90.1 cm³/mol. The van der Waals surface area contributed by atoms with Crippen LogP contribution in [0.4, 0.5) is 19.0 Å². The van der Waals surface area contributed by atoms with Crippen molar-refractivity contribution in [2.45, 2.75) is 25.9 Å². The lowest BCUT2D eigenvalue weighted by atomic mass is 10.0. The normalized spacial score (nSPS) is 19.6. The number of fused-ring (bicyclic) bond motifs is 1. The van der Waals surface area contributed by atoms with E-state index in [4.69, 9.17) is 0 Å². The number of pyridine rings is 1. The third kappa shape index (κ3) is 3.98. The molecule has 1 aliphatic heterocycles. The topological polar surface area (TPSA) is 28.2 Å². The molecule has 0 bridgehead atoms. The Balaban J connectivity index is 1.75. The van der Waals surface area contributed by atoms with E-state index in [0.717, 1.165) is 31.1 Å². The number of rotatable bonds is 4. The van der Waals surface area contributed by atoms with Crippen molar-refractivity contribution in [3.05, 3.63) is 36.0 Å². The summed E-state index contributed by atoms with van der Waals surface area (Å²) in [6.45, 7) is 5.75. The molecule has 6 heteroatoms. The molecule has 1 N–H and O–H groups in total. The van der Waals surface area contributed by atoms with E-state index in [1.165, 1.54) is 12.8 Å². The maximum Gasteiger partial charge on any atom is 0.433 e. The molecule has 130 valence electrons. The van der Waals surface area contributed by atoms with Crippen LogP contribution in [0, 0.1) is 5.92 Å². The van der Waals surface area contributed by atoms with Gasteiger partial charge < -0.3 is 10.2 Å². The van der Waals surface area contributed by atoms with Gasteiger partial charge in [0, 0.05) is 25.0 Å². The van der Waals surface area contributed by atoms with Crippen molar-refractivity contribution in [2.24, 2.45) is 5.92 Å². The van der Waals surface area contributed by atoms with Gasteiger partial charge in [0.2, 0.25) is 0 Å².